The molecule has 0 atom stereocenters. The van der Waals surface area contributed by atoms with Gasteiger partial charge in [0, 0.05) is 6.92 Å². The van der Waals surface area contributed by atoms with E-state index < -0.39 is 11.8 Å². The number of methoxy groups -OCH3 is 1. The standard InChI is InChI=1S/C10H10O4/c1-7(11)10(12)14-9-6-4-3-5-8(9)13-2/h3-6H,1-2H3. The number of ketones is 1. The Kier molecular flexibility index (Phi) is 3.23. The summed E-state index contributed by atoms with van der Waals surface area (Å²) >= 11 is 0. The monoisotopic (exact) mass is 194 g/mol. The van der Waals surface area contributed by atoms with E-state index >= 15 is 0 Å². The van der Waals surface area contributed by atoms with Gasteiger partial charge in [0.1, 0.15) is 0 Å². The number of para-hydroxylation sites is 2. The molecule has 0 aliphatic heterocycles. The summed E-state index contributed by atoms with van der Waals surface area (Å²) in [6.45, 7) is 1.15. The van der Waals surface area contributed by atoms with Crippen molar-refractivity contribution in [3.63, 3.8) is 0 Å². The van der Waals surface area contributed by atoms with Gasteiger partial charge in [-0.3, -0.25) is 4.79 Å². The van der Waals surface area contributed by atoms with E-state index in [4.69, 9.17) is 9.47 Å². The predicted octanol–water partition coefficient (Wildman–Crippen LogP) is 1.19. The van der Waals surface area contributed by atoms with Crippen LogP contribution in [0.25, 0.3) is 0 Å². The van der Waals surface area contributed by atoms with Crippen LogP contribution in [0.2, 0.25) is 0 Å². The van der Waals surface area contributed by atoms with Crippen molar-refractivity contribution in [1.29, 1.82) is 0 Å². The number of carbonyl (C=O) groups is 2. The van der Waals surface area contributed by atoms with Crippen LogP contribution in [-0.4, -0.2) is 18.9 Å². The van der Waals surface area contributed by atoms with E-state index in [1.807, 2.05) is 0 Å². The summed E-state index contributed by atoms with van der Waals surface area (Å²) in [5, 5.41) is 0. The molecule has 0 N–H and O–H groups in total. The number of hydrogen-bond acceptors (Lipinski definition) is 4. The molecule has 0 amide bonds. The Labute approximate surface area is 81.4 Å². The maximum Gasteiger partial charge on any atom is 0.379 e. The molecule has 14 heavy (non-hydrogen) atoms. The minimum atomic E-state index is -0.894. The van der Waals surface area contributed by atoms with E-state index in [-0.39, 0.29) is 5.75 Å². The van der Waals surface area contributed by atoms with Gasteiger partial charge in [0.2, 0.25) is 5.78 Å². The highest BCUT2D eigenvalue weighted by molar-refractivity contribution is 6.33. The summed E-state index contributed by atoms with van der Waals surface area (Å²) in [6, 6.07) is 6.62. The molecule has 0 saturated carbocycles. The van der Waals surface area contributed by atoms with Crippen LogP contribution in [-0.2, 0) is 9.59 Å². The SMILES string of the molecule is COc1ccccc1OC(=O)C(C)=O. The topological polar surface area (TPSA) is 52.6 Å². The zero-order valence-electron chi connectivity index (χ0n) is 7.94. The highest BCUT2D eigenvalue weighted by Crippen LogP contribution is 2.25. The van der Waals surface area contributed by atoms with Crippen LogP contribution in [0.3, 0.4) is 0 Å². The van der Waals surface area contributed by atoms with Gasteiger partial charge in [-0.25, -0.2) is 4.79 Å². The molecule has 0 aliphatic rings. The average molecular weight is 194 g/mol. The molecule has 0 heterocycles. The van der Waals surface area contributed by atoms with Crippen molar-refractivity contribution in [3.8, 4) is 11.5 Å². The van der Waals surface area contributed by atoms with Crippen LogP contribution >= 0.6 is 0 Å². The number of hydrogen-bond donors (Lipinski definition) is 0. The Balaban J connectivity index is 2.85. The van der Waals surface area contributed by atoms with Gasteiger partial charge in [-0.2, -0.15) is 0 Å². The number of carbonyl (C=O) groups excluding carboxylic acids is 2. The molecule has 4 heteroatoms. The number of rotatable bonds is 3. The average Bonchev–Trinajstić information content (AvgIpc) is 2.18. The Morgan fingerprint density at radius 3 is 2.21 bits per heavy atom. The number of Topliss-reactive ketones (excluding diaryl/α,β-unsaturated/α-hetero) is 1. The fraction of sp³-hybridized carbons (Fsp3) is 0.200. The number of esters is 1. The van der Waals surface area contributed by atoms with Crippen LogP contribution in [0.15, 0.2) is 24.3 Å². The molecule has 0 radical (unpaired) electrons. The molecular formula is C10H10O4. The van der Waals surface area contributed by atoms with Gasteiger partial charge in [-0.1, -0.05) is 12.1 Å². The van der Waals surface area contributed by atoms with Crippen molar-refractivity contribution < 1.29 is 19.1 Å². The zero-order chi connectivity index (χ0) is 10.6. The zero-order valence-corrected chi connectivity index (χ0v) is 7.94. The van der Waals surface area contributed by atoms with Gasteiger partial charge in [-0.15, -0.1) is 0 Å². The number of ether oxygens (including phenoxy) is 2. The fourth-order valence-electron chi connectivity index (χ4n) is 0.875. The second-order valence-corrected chi connectivity index (χ2v) is 2.60. The molecule has 0 unspecified atom stereocenters. The van der Waals surface area contributed by atoms with Crippen LogP contribution in [0.5, 0.6) is 11.5 Å². The lowest BCUT2D eigenvalue weighted by atomic mass is 10.3. The molecule has 4 nitrogen and oxygen atoms in total. The summed E-state index contributed by atoms with van der Waals surface area (Å²) in [4.78, 5) is 21.6. The Bertz CT molecular complexity index is 357. The van der Waals surface area contributed by atoms with Crippen molar-refractivity contribution in [2.45, 2.75) is 6.92 Å². The van der Waals surface area contributed by atoms with E-state index in [0.29, 0.717) is 5.75 Å². The van der Waals surface area contributed by atoms with E-state index in [0.717, 1.165) is 6.92 Å². The van der Waals surface area contributed by atoms with E-state index in [9.17, 15) is 9.59 Å². The molecule has 0 fully saturated rings. The molecule has 0 spiro atoms. The smallest absolute Gasteiger partial charge is 0.379 e. The summed E-state index contributed by atoms with van der Waals surface area (Å²) in [5.74, 6) is -0.872. The van der Waals surface area contributed by atoms with Crippen molar-refractivity contribution in [1.82, 2.24) is 0 Å². The second-order valence-electron chi connectivity index (χ2n) is 2.60. The summed E-state index contributed by atoms with van der Waals surface area (Å²) < 4.78 is 9.72. The Morgan fingerprint density at radius 1 is 1.14 bits per heavy atom. The minimum absolute atomic E-state index is 0.246. The van der Waals surface area contributed by atoms with Crippen LogP contribution < -0.4 is 9.47 Å². The van der Waals surface area contributed by atoms with E-state index in [1.54, 1.807) is 24.3 Å². The van der Waals surface area contributed by atoms with Gasteiger partial charge < -0.3 is 9.47 Å². The van der Waals surface area contributed by atoms with Crippen LogP contribution in [0, 0.1) is 0 Å². The third kappa shape index (κ3) is 2.32. The maximum absolute atomic E-state index is 11.0. The molecule has 1 aromatic rings. The quantitative estimate of drug-likeness (QED) is 0.412. The van der Waals surface area contributed by atoms with Crippen molar-refractivity contribution >= 4 is 11.8 Å². The summed E-state index contributed by atoms with van der Waals surface area (Å²) in [5.41, 5.74) is 0. The van der Waals surface area contributed by atoms with Crippen LogP contribution in [0.1, 0.15) is 6.92 Å². The van der Waals surface area contributed by atoms with Gasteiger partial charge in [0.15, 0.2) is 11.5 Å². The Hall–Kier alpha value is -1.84. The normalized spacial score (nSPS) is 9.29. The first-order valence-corrected chi connectivity index (χ1v) is 4.01. The largest absolute Gasteiger partial charge is 0.493 e. The molecule has 1 aromatic carbocycles. The first-order valence-electron chi connectivity index (χ1n) is 4.01. The first kappa shape index (κ1) is 10.2. The highest BCUT2D eigenvalue weighted by atomic mass is 16.6. The third-order valence-corrected chi connectivity index (χ3v) is 1.56. The third-order valence-electron chi connectivity index (χ3n) is 1.56. The van der Waals surface area contributed by atoms with E-state index in [1.165, 1.54) is 7.11 Å². The maximum atomic E-state index is 11.0. The molecule has 0 saturated heterocycles. The van der Waals surface area contributed by atoms with Gasteiger partial charge in [0.05, 0.1) is 7.11 Å². The van der Waals surface area contributed by atoms with Gasteiger partial charge in [-0.05, 0) is 12.1 Å². The minimum Gasteiger partial charge on any atom is -0.493 e. The van der Waals surface area contributed by atoms with Crippen molar-refractivity contribution in [2.75, 3.05) is 7.11 Å². The van der Waals surface area contributed by atoms with Crippen molar-refractivity contribution in [2.24, 2.45) is 0 Å². The molecule has 74 valence electrons. The number of benzene rings is 1. The molecule has 1 rings (SSSR count). The molecule has 0 aliphatic carbocycles. The predicted molar refractivity (Wildman–Crippen MR) is 49.3 cm³/mol. The molecule has 0 aromatic heterocycles. The van der Waals surface area contributed by atoms with Gasteiger partial charge >= 0.3 is 5.97 Å². The van der Waals surface area contributed by atoms with E-state index in [2.05, 4.69) is 0 Å². The lowest BCUT2D eigenvalue weighted by Gasteiger charge is -2.06. The lowest BCUT2D eigenvalue weighted by molar-refractivity contribution is -0.146. The Morgan fingerprint density at radius 2 is 1.71 bits per heavy atom. The fourth-order valence-corrected chi connectivity index (χ4v) is 0.875. The molecule has 0 bridgehead atoms. The van der Waals surface area contributed by atoms with Gasteiger partial charge in [0.25, 0.3) is 0 Å². The summed E-state index contributed by atoms with van der Waals surface area (Å²) in [6.07, 6.45) is 0. The second kappa shape index (κ2) is 4.41. The highest BCUT2D eigenvalue weighted by Gasteiger charge is 2.12. The molecular weight excluding hydrogens is 184 g/mol. The summed E-state index contributed by atoms with van der Waals surface area (Å²) in [7, 11) is 1.46. The van der Waals surface area contributed by atoms with Crippen molar-refractivity contribution in [3.05, 3.63) is 24.3 Å². The first-order chi connectivity index (χ1) is 6.65. The van der Waals surface area contributed by atoms with Crippen LogP contribution in [0.4, 0.5) is 0 Å². The lowest BCUT2D eigenvalue weighted by Crippen LogP contribution is -2.17.